The molecule has 0 aromatic rings. The van der Waals surface area contributed by atoms with E-state index >= 15 is 0 Å². The Bertz CT molecular complexity index is 676. The minimum absolute atomic E-state index is 0.140. The normalized spacial score (nSPS) is 14.5. The first kappa shape index (κ1) is 35.5. The second-order valence-corrected chi connectivity index (χ2v) is 10.7. The fraction of sp³-hybridized carbons (Fsp3) is 0.880. The first-order valence-corrected chi connectivity index (χ1v) is 15.1. The van der Waals surface area contributed by atoms with Crippen molar-refractivity contribution < 1.29 is 47.8 Å². The van der Waals surface area contributed by atoms with Crippen LogP contribution >= 0.6 is 7.82 Å². The summed E-state index contributed by atoms with van der Waals surface area (Å²) in [6.45, 7) is 2.33. The topological polar surface area (TPSA) is 169 Å². The van der Waals surface area contributed by atoms with Gasteiger partial charge in [0.05, 0.1) is 13.2 Å². The van der Waals surface area contributed by atoms with E-state index in [1.165, 1.54) is 32.1 Å². The Morgan fingerprint density at radius 3 is 1.81 bits per heavy atom. The van der Waals surface area contributed by atoms with Gasteiger partial charge >= 0.3 is 19.8 Å². The van der Waals surface area contributed by atoms with Crippen LogP contribution in [0.1, 0.15) is 110 Å². The molecule has 0 fully saturated rings. The third-order valence-corrected chi connectivity index (χ3v) is 6.60. The molecule has 3 unspecified atom stereocenters. The SMILES string of the molecule is CCCCCCCCCCCC(=O)OCC(O)COP(=O)(O)OCC(NC(=O)CCCCCC)C(=O)O. The molecule has 0 saturated heterocycles. The second kappa shape index (κ2) is 22.5. The Labute approximate surface area is 221 Å². The van der Waals surface area contributed by atoms with Gasteiger partial charge in [0.25, 0.3) is 0 Å². The van der Waals surface area contributed by atoms with Crippen molar-refractivity contribution in [3.8, 4) is 0 Å². The average molecular weight is 554 g/mol. The van der Waals surface area contributed by atoms with E-state index < -0.39 is 57.6 Å². The van der Waals surface area contributed by atoms with Crippen molar-refractivity contribution in [3.63, 3.8) is 0 Å². The summed E-state index contributed by atoms with van der Waals surface area (Å²) in [6, 6.07) is -1.53. The maximum Gasteiger partial charge on any atom is 0.472 e. The molecule has 37 heavy (non-hydrogen) atoms. The van der Waals surface area contributed by atoms with Crippen LogP contribution in [0, 0.1) is 0 Å². The minimum atomic E-state index is -4.71. The predicted octanol–water partition coefficient (Wildman–Crippen LogP) is 4.48. The number of phosphoric ester groups is 1. The zero-order chi connectivity index (χ0) is 27.9. The van der Waals surface area contributed by atoms with Crippen LogP contribution in [0.3, 0.4) is 0 Å². The van der Waals surface area contributed by atoms with Crippen molar-refractivity contribution in [2.24, 2.45) is 0 Å². The molecule has 0 spiro atoms. The van der Waals surface area contributed by atoms with Crippen LogP contribution in [0.25, 0.3) is 0 Å². The first-order chi connectivity index (χ1) is 17.6. The molecule has 0 aliphatic rings. The highest BCUT2D eigenvalue weighted by atomic mass is 31.2. The molecule has 4 N–H and O–H groups in total. The van der Waals surface area contributed by atoms with E-state index in [4.69, 9.17) is 4.74 Å². The molecule has 0 aromatic carbocycles. The van der Waals surface area contributed by atoms with Gasteiger partial charge in [-0.15, -0.1) is 0 Å². The monoisotopic (exact) mass is 553 g/mol. The van der Waals surface area contributed by atoms with Gasteiger partial charge in [0.2, 0.25) is 5.91 Å². The van der Waals surface area contributed by atoms with Gasteiger partial charge in [-0.2, -0.15) is 0 Å². The van der Waals surface area contributed by atoms with Gasteiger partial charge in [-0.1, -0.05) is 84.5 Å². The Hall–Kier alpha value is -1.52. The fourth-order valence-corrected chi connectivity index (χ4v) is 4.20. The van der Waals surface area contributed by atoms with Gasteiger partial charge < -0.3 is 25.2 Å². The maximum atomic E-state index is 12.0. The molecular formula is C25H48NO10P. The molecule has 0 aliphatic carbocycles. The van der Waals surface area contributed by atoms with E-state index in [0.717, 1.165) is 38.5 Å². The number of unbranched alkanes of at least 4 members (excludes halogenated alkanes) is 11. The van der Waals surface area contributed by atoms with Crippen LogP contribution in [0.15, 0.2) is 0 Å². The molecule has 0 saturated carbocycles. The lowest BCUT2D eigenvalue weighted by atomic mass is 10.1. The highest BCUT2D eigenvalue weighted by molar-refractivity contribution is 7.47. The van der Waals surface area contributed by atoms with Gasteiger partial charge in [0, 0.05) is 12.8 Å². The van der Waals surface area contributed by atoms with Crippen molar-refractivity contribution in [2.45, 2.75) is 122 Å². The van der Waals surface area contributed by atoms with Crippen molar-refractivity contribution >= 4 is 25.7 Å². The van der Waals surface area contributed by atoms with Gasteiger partial charge in [0.1, 0.15) is 12.7 Å². The number of amides is 1. The molecule has 0 radical (unpaired) electrons. The number of rotatable bonds is 25. The highest BCUT2D eigenvalue weighted by Crippen LogP contribution is 2.43. The van der Waals surface area contributed by atoms with Crippen LogP contribution in [0.4, 0.5) is 0 Å². The molecule has 11 nitrogen and oxygen atoms in total. The summed E-state index contributed by atoms with van der Waals surface area (Å²) in [7, 11) is -4.71. The van der Waals surface area contributed by atoms with E-state index in [-0.39, 0.29) is 12.8 Å². The van der Waals surface area contributed by atoms with E-state index in [0.29, 0.717) is 12.8 Å². The number of phosphoric acid groups is 1. The van der Waals surface area contributed by atoms with E-state index in [2.05, 4.69) is 21.3 Å². The summed E-state index contributed by atoms with van der Waals surface area (Å²) in [5.74, 6) is -2.40. The third kappa shape index (κ3) is 22.2. The highest BCUT2D eigenvalue weighted by Gasteiger charge is 2.28. The number of carboxylic acid groups (broad SMARTS) is 1. The summed E-state index contributed by atoms with van der Waals surface area (Å²) >= 11 is 0. The van der Waals surface area contributed by atoms with Gasteiger partial charge in [0.15, 0.2) is 6.04 Å². The zero-order valence-corrected chi connectivity index (χ0v) is 23.4. The molecular weight excluding hydrogens is 505 g/mol. The number of hydrogen-bond acceptors (Lipinski definition) is 8. The van der Waals surface area contributed by atoms with Crippen LogP contribution in [-0.2, 0) is 32.7 Å². The first-order valence-electron chi connectivity index (χ1n) is 13.6. The summed E-state index contributed by atoms with van der Waals surface area (Å²) in [5.41, 5.74) is 0. The fourth-order valence-electron chi connectivity index (χ4n) is 3.43. The summed E-state index contributed by atoms with van der Waals surface area (Å²) in [4.78, 5) is 44.7. The van der Waals surface area contributed by atoms with Crippen molar-refractivity contribution in [1.29, 1.82) is 0 Å². The van der Waals surface area contributed by atoms with E-state index in [1.807, 2.05) is 6.92 Å². The number of carbonyl (C=O) groups is 3. The lowest BCUT2D eigenvalue weighted by Gasteiger charge is -2.18. The summed E-state index contributed by atoms with van der Waals surface area (Å²) < 4.78 is 26.3. The Balaban J connectivity index is 4.07. The zero-order valence-electron chi connectivity index (χ0n) is 22.5. The van der Waals surface area contributed by atoms with Crippen LogP contribution in [0.5, 0.6) is 0 Å². The molecule has 0 rings (SSSR count). The van der Waals surface area contributed by atoms with Gasteiger partial charge in [-0.3, -0.25) is 18.6 Å². The van der Waals surface area contributed by atoms with Crippen LogP contribution in [-0.4, -0.2) is 64.9 Å². The van der Waals surface area contributed by atoms with Crippen LogP contribution < -0.4 is 5.32 Å². The maximum absolute atomic E-state index is 12.0. The van der Waals surface area contributed by atoms with Crippen LogP contribution in [0.2, 0.25) is 0 Å². The number of esters is 1. The molecule has 218 valence electrons. The average Bonchev–Trinajstić information content (AvgIpc) is 2.85. The Kier molecular flexibility index (Phi) is 21.5. The quantitative estimate of drug-likeness (QED) is 0.0718. The molecule has 0 aromatic heterocycles. The predicted molar refractivity (Wildman–Crippen MR) is 139 cm³/mol. The van der Waals surface area contributed by atoms with Crippen molar-refractivity contribution in [2.75, 3.05) is 19.8 Å². The number of aliphatic carboxylic acids is 1. The second-order valence-electron chi connectivity index (χ2n) is 9.24. The van der Waals surface area contributed by atoms with Gasteiger partial charge in [-0.05, 0) is 12.8 Å². The Morgan fingerprint density at radius 1 is 0.757 bits per heavy atom. The minimum Gasteiger partial charge on any atom is -0.480 e. The van der Waals surface area contributed by atoms with Gasteiger partial charge in [-0.25, -0.2) is 9.36 Å². The molecule has 1 amide bonds. The number of hydrogen-bond donors (Lipinski definition) is 4. The summed E-state index contributed by atoms with van der Waals surface area (Å²) in [6.07, 6.45) is 12.5. The molecule has 12 heteroatoms. The summed E-state index contributed by atoms with van der Waals surface area (Å²) in [5, 5.41) is 21.3. The lowest BCUT2D eigenvalue weighted by molar-refractivity contribution is -0.147. The smallest absolute Gasteiger partial charge is 0.472 e. The standard InChI is InChI=1S/C25H48NO10P/c1-3-5-7-9-10-11-12-13-15-17-24(29)34-18-21(27)19-35-37(32,33)36-20-22(25(30)31)26-23(28)16-14-8-6-4-2/h21-22,27H,3-20H2,1-2H3,(H,26,28)(H,30,31)(H,32,33). The van der Waals surface area contributed by atoms with Crippen molar-refractivity contribution in [1.82, 2.24) is 5.32 Å². The number of ether oxygens (including phenoxy) is 1. The largest absolute Gasteiger partial charge is 0.480 e. The molecule has 3 atom stereocenters. The van der Waals surface area contributed by atoms with Crippen molar-refractivity contribution in [3.05, 3.63) is 0 Å². The number of carbonyl (C=O) groups excluding carboxylic acids is 2. The number of aliphatic hydroxyl groups excluding tert-OH is 1. The molecule has 0 heterocycles. The molecule has 0 aliphatic heterocycles. The Morgan fingerprint density at radius 2 is 1.24 bits per heavy atom. The third-order valence-electron chi connectivity index (χ3n) is 5.65. The number of nitrogens with one attached hydrogen (secondary N) is 1. The number of carboxylic acids is 1. The van der Waals surface area contributed by atoms with E-state index in [1.54, 1.807) is 0 Å². The molecule has 0 bridgehead atoms. The number of aliphatic hydroxyl groups is 1. The lowest BCUT2D eigenvalue weighted by Crippen LogP contribution is -2.43. The van der Waals surface area contributed by atoms with E-state index in [9.17, 15) is 34.1 Å².